The molecule has 0 bridgehead atoms. The zero-order chi connectivity index (χ0) is 18.7. The number of aryl methyl sites for hydroxylation is 1. The third-order valence-corrected chi connectivity index (χ3v) is 3.98. The SMILES string of the molecule is Cc1nc(C(=O)NC(C)(C)C)cc(N2CCN(c3ncccn3)CC2)n1. The molecule has 1 N–H and O–H groups in total. The molecular weight excluding hydrogens is 330 g/mol. The zero-order valence-corrected chi connectivity index (χ0v) is 15.7. The monoisotopic (exact) mass is 355 g/mol. The third-order valence-electron chi connectivity index (χ3n) is 3.98. The van der Waals surface area contributed by atoms with Crippen LogP contribution >= 0.6 is 0 Å². The number of carbonyl (C=O) groups is 1. The Morgan fingerprint density at radius 3 is 2.27 bits per heavy atom. The number of piperazine rings is 1. The fourth-order valence-electron chi connectivity index (χ4n) is 2.82. The minimum atomic E-state index is -0.308. The molecule has 8 heteroatoms. The summed E-state index contributed by atoms with van der Waals surface area (Å²) in [7, 11) is 0. The first-order valence-electron chi connectivity index (χ1n) is 8.77. The van der Waals surface area contributed by atoms with Gasteiger partial charge in [-0.1, -0.05) is 0 Å². The van der Waals surface area contributed by atoms with Crippen molar-refractivity contribution < 1.29 is 4.79 Å². The lowest BCUT2D eigenvalue weighted by atomic mass is 10.1. The van der Waals surface area contributed by atoms with Gasteiger partial charge in [0.1, 0.15) is 17.3 Å². The van der Waals surface area contributed by atoms with Crippen molar-refractivity contribution in [2.75, 3.05) is 36.0 Å². The number of hydrogen-bond acceptors (Lipinski definition) is 7. The van der Waals surface area contributed by atoms with Gasteiger partial charge >= 0.3 is 0 Å². The number of aromatic nitrogens is 4. The molecule has 0 atom stereocenters. The van der Waals surface area contributed by atoms with Crippen LogP contribution in [0, 0.1) is 6.92 Å². The number of nitrogens with zero attached hydrogens (tertiary/aromatic N) is 6. The van der Waals surface area contributed by atoms with Crippen LogP contribution in [0.5, 0.6) is 0 Å². The van der Waals surface area contributed by atoms with Crippen LogP contribution in [0.25, 0.3) is 0 Å². The second-order valence-electron chi connectivity index (χ2n) is 7.39. The molecule has 26 heavy (non-hydrogen) atoms. The second-order valence-corrected chi connectivity index (χ2v) is 7.39. The van der Waals surface area contributed by atoms with E-state index in [0.29, 0.717) is 11.5 Å². The van der Waals surface area contributed by atoms with Gasteiger partial charge < -0.3 is 15.1 Å². The van der Waals surface area contributed by atoms with Crippen LogP contribution in [0.4, 0.5) is 11.8 Å². The Kier molecular flexibility index (Phi) is 5.01. The smallest absolute Gasteiger partial charge is 0.270 e. The standard InChI is InChI=1S/C18H25N7O/c1-13-21-14(16(26)23-18(2,3)4)12-15(22-13)24-8-10-25(11-9-24)17-19-6-5-7-20-17/h5-7,12H,8-11H2,1-4H3,(H,23,26). The number of amides is 1. The van der Waals surface area contributed by atoms with Crippen molar-refractivity contribution in [3.05, 3.63) is 36.0 Å². The highest BCUT2D eigenvalue weighted by molar-refractivity contribution is 5.93. The number of carbonyl (C=O) groups excluding carboxylic acids is 1. The van der Waals surface area contributed by atoms with Gasteiger partial charge in [0.2, 0.25) is 5.95 Å². The summed E-state index contributed by atoms with van der Waals surface area (Å²) in [6.45, 7) is 10.8. The van der Waals surface area contributed by atoms with E-state index in [1.165, 1.54) is 0 Å². The van der Waals surface area contributed by atoms with E-state index in [1.54, 1.807) is 18.5 Å². The average molecular weight is 355 g/mol. The minimum absolute atomic E-state index is 0.180. The van der Waals surface area contributed by atoms with E-state index in [4.69, 9.17) is 0 Å². The molecule has 1 aliphatic heterocycles. The maximum atomic E-state index is 12.4. The number of hydrogen-bond donors (Lipinski definition) is 1. The molecule has 1 amide bonds. The van der Waals surface area contributed by atoms with E-state index in [-0.39, 0.29) is 11.4 Å². The molecule has 2 aromatic heterocycles. The van der Waals surface area contributed by atoms with Gasteiger partial charge in [-0.15, -0.1) is 0 Å². The molecule has 0 radical (unpaired) electrons. The lowest BCUT2D eigenvalue weighted by Crippen LogP contribution is -2.47. The number of anilines is 2. The highest BCUT2D eigenvalue weighted by Crippen LogP contribution is 2.17. The molecule has 138 valence electrons. The molecule has 3 rings (SSSR count). The van der Waals surface area contributed by atoms with Gasteiger partial charge in [0.25, 0.3) is 5.91 Å². The summed E-state index contributed by atoms with van der Waals surface area (Å²) in [5.74, 6) is 1.94. The molecule has 2 aromatic rings. The van der Waals surface area contributed by atoms with Crippen LogP contribution in [0.15, 0.2) is 24.5 Å². The largest absolute Gasteiger partial charge is 0.353 e. The van der Waals surface area contributed by atoms with Gasteiger partial charge in [-0.25, -0.2) is 19.9 Å². The van der Waals surface area contributed by atoms with Crippen molar-refractivity contribution >= 4 is 17.7 Å². The Bertz CT molecular complexity index is 765. The summed E-state index contributed by atoms with van der Waals surface area (Å²) in [6, 6.07) is 3.58. The summed E-state index contributed by atoms with van der Waals surface area (Å²) in [6.07, 6.45) is 3.51. The van der Waals surface area contributed by atoms with E-state index in [0.717, 1.165) is 37.9 Å². The Morgan fingerprint density at radius 1 is 1.04 bits per heavy atom. The molecule has 3 heterocycles. The molecule has 1 saturated heterocycles. The van der Waals surface area contributed by atoms with Crippen LogP contribution < -0.4 is 15.1 Å². The second kappa shape index (κ2) is 7.23. The molecular formula is C18H25N7O. The highest BCUT2D eigenvalue weighted by Gasteiger charge is 2.22. The van der Waals surface area contributed by atoms with Crippen molar-refractivity contribution in [1.29, 1.82) is 0 Å². The van der Waals surface area contributed by atoms with E-state index in [9.17, 15) is 4.79 Å². The summed E-state index contributed by atoms with van der Waals surface area (Å²) in [4.78, 5) is 34.2. The Hall–Kier alpha value is -2.77. The first-order chi connectivity index (χ1) is 12.3. The topological polar surface area (TPSA) is 87.1 Å². The normalized spacial score (nSPS) is 15.1. The molecule has 0 aliphatic carbocycles. The molecule has 0 unspecified atom stereocenters. The van der Waals surface area contributed by atoms with Gasteiger partial charge in [0.15, 0.2) is 0 Å². The van der Waals surface area contributed by atoms with E-state index >= 15 is 0 Å². The van der Waals surface area contributed by atoms with Gasteiger partial charge in [-0.2, -0.15) is 0 Å². The maximum absolute atomic E-state index is 12.4. The Labute approximate surface area is 153 Å². The molecule has 8 nitrogen and oxygen atoms in total. The quantitative estimate of drug-likeness (QED) is 0.891. The Balaban J connectivity index is 1.71. The van der Waals surface area contributed by atoms with E-state index in [1.807, 2.05) is 33.8 Å². The third kappa shape index (κ3) is 4.44. The number of rotatable bonds is 3. The van der Waals surface area contributed by atoms with Gasteiger partial charge in [0.05, 0.1) is 0 Å². The molecule has 1 aliphatic rings. The van der Waals surface area contributed by atoms with Crippen molar-refractivity contribution in [2.45, 2.75) is 33.2 Å². The Morgan fingerprint density at radius 2 is 1.65 bits per heavy atom. The van der Waals surface area contributed by atoms with Crippen molar-refractivity contribution in [1.82, 2.24) is 25.3 Å². The predicted molar refractivity (Wildman–Crippen MR) is 100 cm³/mol. The van der Waals surface area contributed by atoms with Crippen LogP contribution in [0.3, 0.4) is 0 Å². The lowest BCUT2D eigenvalue weighted by Gasteiger charge is -2.35. The van der Waals surface area contributed by atoms with Crippen LogP contribution in [-0.2, 0) is 0 Å². The highest BCUT2D eigenvalue weighted by atomic mass is 16.2. The fraction of sp³-hybridized carbons (Fsp3) is 0.500. The first-order valence-corrected chi connectivity index (χ1v) is 8.77. The first kappa shape index (κ1) is 18.0. The van der Waals surface area contributed by atoms with Crippen LogP contribution in [-0.4, -0.2) is 57.6 Å². The number of nitrogens with one attached hydrogen (secondary N) is 1. The van der Waals surface area contributed by atoms with Gasteiger partial charge in [-0.05, 0) is 33.8 Å². The molecule has 1 fully saturated rings. The van der Waals surface area contributed by atoms with Gasteiger partial charge in [-0.3, -0.25) is 4.79 Å². The maximum Gasteiger partial charge on any atom is 0.270 e. The summed E-state index contributed by atoms with van der Waals surface area (Å²) >= 11 is 0. The van der Waals surface area contributed by atoms with Gasteiger partial charge in [0, 0.05) is 50.2 Å². The summed E-state index contributed by atoms with van der Waals surface area (Å²) < 4.78 is 0. The molecule has 0 aromatic carbocycles. The van der Waals surface area contributed by atoms with Crippen LogP contribution in [0.2, 0.25) is 0 Å². The zero-order valence-electron chi connectivity index (χ0n) is 15.7. The summed E-state index contributed by atoms with van der Waals surface area (Å²) in [5, 5.41) is 2.95. The van der Waals surface area contributed by atoms with Crippen molar-refractivity contribution in [2.24, 2.45) is 0 Å². The minimum Gasteiger partial charge on any atom is -0.353 e. The lowest BCUT2D eigenvalue weighted by molar-refractivity contribution is 0.0914. The predicted octanol–water partition coefficient (Wildman–Crippen LogP) is 1.43. The summed E-state index contributed by atoms with van der Waals surface area (Å²) in [5.41, 5.74) is 0.0912. The van der Waals surface area contributed by atoms with E-state index < -0.39 is 0 Å². The van der Waals surface area contributed by atoms with Crippen LogP contribution in [0.1, 0.15) is 37.1 Å². The molecule has 0 spiro atoms. The fourth-order valence-corrected chi connectivity index (χ4v) is 2.82. The van der Waals surface area contributed by atoms with Crippen molar-refractivity contribution in [3.63, 3.8) is 0 Å². The average Bonchev–Trinajstić information content (AvgIpc) is 2.61. The van der Waals surface area contributed by atoms with Crippen molar-refractivity contribution in [3.8, 4) is 0 Å². The van der Waals surface area contributed by atoms with E-state index in [2.05, 4.69) is 35.1 Å². The molecule has 0 saturated carbocycles.